The lowest BCUT2D eigenvalue weighted by atomic mass is 10.1. The lowest BCUT2D eigenvalue weighted by Crippen LogP contribution is -1.99. The third-order valence-electron chi connectivity index (χ3n) is 2.84. The second kappa shape index (κ2) is 3.21. The maximum Gasteiger partial charge on any atom is 0.0951 e. The summed E-state index contributed by atoms with van der Waals surface area (Å²) >= 11 is 0. The van der Waals surface area contributed by atoms with E-state index in [4.69, 9.17) is 0 Å². The Hall–Kier alpha value is -1.61. The van der Waals surface area contributed by atoms with Crippen molar-refractivity contribution >= 4 is 0 Å². The molecule has 76 valence electrons. The van der Waals surface area contributed by atoms with E-state index in [2.05, 4.69) is 28.5 Å². The smallest absolute Gasteiger partial charge is 0.0951 e. The summed E-state index contributed by atoms with van der Waals surface area (Å²) in [5.74, 6) is 0. The molecule has 1 aromatic carbocycles. The summed E-state index contributed by atoms with van der Waals surface area (Å²) in [6, 6.07) is 6.57. The van der Waals surface area contributed by atoms with Gasteiger partial charge in [-0.2, -0.15) is 0 Å². The Bertz CT molecular complexity index is 499. The molecule has 0 bridgehead atoms. The molecular weight excluding hydrogens is 186 g/mol. The minimum absolute atomic E-state index is 0.982. The van der Waals surface area contributed by atoms with Gasteiger partial charge in [0.1, 0.15) is 0 Å². The minimum atomic E-state index is 0.982. The van der Waals surface area contributed by atoms with Crippen LogP contribution in [0.1, 0.15) is 11.1 Å². The van der Waals surface area contributed by atoms with Crippen LogP contribution in [0.15, 0.2) is 30.7 Å². The predicted octanol–water partition coefficient (Wildman–Crippen LogP) is 1.69. The quantitative estimate of drug-likeness (QED) is 0.757. The van der Waals surface area contributed by atoms with Crippen LogP contribution in [0.2, 0.25) is 0 Å². The van der Waals surface area contributed by atoms with Gasteiger partial charge in [-0.15, -0.1) is 0 Å². The Labute approximate surface area is 88.8 Å². The Balaban J connectivity index is 2.06. The van der Waals surface area contributed by atoms with Crippen LogP contribution >= 0.6 is 0 Å². The molecule has 1 N–H and O–H groups in total. The van der Waals surface area contributed by atoms with Gasteiger partial charge in [-0.05, 0) is 17.2 Å². The molecule has 0 atom stereocenters. The molecule has 2 heterocycles. The van der Waals surface area contributed by atoms with E-state index in [9.17, 15) is 0 Å². The summed E-state index contributed by atoms with van der Waals surface area (Å²) in [7, 11) is 1.99. The van der Waals surface area contributed by atoms with E-state index < -0.39 is 0 Å². The zero-order chi connectivity index (χ0) is 10.3. The zero-order valence-corrected chi connectivity index (χ0v) is 8.70. The fourth-order valence-electron chi connectivity index (χ4n) is 2.02. The molecule has 1 aliphatic heterocycles. The molecule has 2 aromatic rings. The summed E-state index contributed by atoms with van der Waals surface area (Å²) in [5.41, 5.74) is 5.07. The number of imidazole rings is 1. The first-order valence-corrected chi connectivity index (χ1v) is 5.14. The number of rotatable bonds is 1. The van der Waals surface area contributed by atoms with Crippen molar-refractivity contribution in [3.05, 3.63) is 41.9 Å². The van der Waals surface area contributed by atoms with E-state index in [1.165, 1.54) is 16.7 Å². The Morgan fingerprint density at radius 3 is 2.93 bits per heavy atom. The monoisotopic (exact) mass is 199 g/mol. The molecule has 0 spiro atoms. The van der Waals surface area contributed by atoms with Crippen molar-refractivity contribution in [3.63, 3.8) is 0 Å². The minimum Gasteiger partial charge on any atom is -0.340 e. The second-order valence-corrected chi connectivity index (χ2v) is 4.01. The van der Waals surface area contributed by atoms with Crippen molar-refractivity contribution in [1.29, 1.82) is 0 Å². The van der Waals surface area contributed by atoms with Crippen LogP contribution in [0, 0.1) is 0 Å². The molecule has 0 radical (unpaired) electrons. The number of hydrogen-bond acceptors (Lipinski definition) is 2. The molecule has 3 heteroatoms. The highest BCUT2D eigenvalue weighted by atomic mass is 15.0. The summed E-state index contributed by atoms with van der Waals surface area (Å²) < 4.78 is 1.97. The average Bonchev–Trinajstić information content (AvgIpc) is 2.84. The zero-order valence-electron chi connectivity index (χ0n) is 8.70. The third kappa shape index (κ3) is 1.45. The summed E-state index contributed by atoms with van der Waals surface area (Å²) in [6.45, 7) is 1.98. The van der Waals surface area contributed by atoms with E-state index in [0.717, 1.165) is 18.8 Å². The normalized spacial score (nSPS) is 14.2. The molecular formula is C12H13N3. The number of fused-ring (bicyclic) bond motifs is 1. The SMILES string of the molecule is Cn1cnc(-c2ccc3c(c2)CNC3)c1. The van der Waals surface area contributed by atoms with E-state index in [-0.39, 0.29) is 0 Å². The topological polar surface area (TPSA) is 29.9 Å². The molecule has 3 nitrogen and oxygen atoms in total. The van der Waals surface area contributed by atoms with Crippen molar-refractivity contribution in [2.24, 2.45) is 7.05 Å². The van der Waals surface area contributed by atoms with E-state index in [0.29, 0.717) is 0 Å². The van der Waals surface area contributed by atoms with Crippen molar-refractivity contribution in [2.75, 3.05) is 0 Å². The molecule has 0 fully saturated rings. The highest BCUT2D eigenvalue weighted by Gasteiger charge is 2.11. The van der Waals surface area contributed by atoms with Gasteiger partial charge in [0, 0.05) is 31.9 Å². The first kappa shape index (κ1) is 8.68. The van der Waals surface area contributed by atoms with Crippen molar-refractivity contribution in [3.8, 4) is 11.3 Å². The van der Waals surface area contributed by atoms with Gasteiger partial charge in [0.2, 0.25) is 0 Å². The van der Waals surface area contributed by atoms with Crippen LogP contribution in [0.3, 0.4) is 0 Å². The highest BCUT2D eigenvalue weighted by molar-refractivity contribution is 5.60. The van der Waals surface area contributed by atoms with Gasteiger partial charge in [-0.1, -0.05) is 12.1 Å². The first-order valence-electron chi connectivity index (χ1n) is 5.14. The largest absolute Gasteiger partial charge is 0.340 e. The van der Waals surface area contributed by atoms with Crippen LogP contribution in [0.5, 0.6) is 0 Å². The predicted molar refractivity (Wildman–Crippen MR) is 59.2 cm³/mol. The Morgan fingerprint density at radius 2 is 2.13 bits per heavy atom. The summed E-state index contributed by atoms with van der Waals surface area (Å²) in [4.78, 5) is 4.35. The molecule has 0 aliphatic carbocycles. The number of aryl methyl sites for hydroxylation is 1. The highest BCUT2D eigenvalue weighted by Crippen LogP contribution is 2.23. The fourth-order valence-corrected chi connectivity index (χ4v) is 2.02. The molecule has 0 saturated carbocycles. The van der Waals surface area contributed by atoms with Crippen LogP contribution in [0.4, 0.5) is 0 Å². The molecule has 1 aliphatic rings. The number of nitrogens with zero attached hydrogens (tertiary/aromatic N) is 2. The van der Waals surface area contributed by atoms with Crippen LogP contribution in [-0.2, 0) is 20.1 Å². The van der Waals surface area contributed by atoms with E-state index in [1.54, 1.807) is 0 Å². The van der Waals surface area contributed by atoms with Crippen LogP contribution < -0.4 is 5.32 Å². The van der Waals surface area contributed by atoms with Crippen molar-refractivity contribution in [1.82, 2.24) is 14.9 Å². The lowest BCUT2D eigenvalue weighted by Gasteiger charge is -2.00. The van der Waals surface area contributed by atoms with Gasteiger partial charge in [0.15, 0.2) is 0 Å². The maximum absolute atomic E-state index is 4.35. The van der Waals surface area contributed by atoms with Gasteiger partial charge >= 0.3 is 0 Å². The number of benzene rings is 1. The third-order valence-corrected chi connectivity index (χ3v) is 2.84. The Kier molecular flexibility index (Phi) is 1.86. The average molecular weight is 199 g/mol. The van der Waals surface area contributed by atoms with Gasteiger partial charge in [0.05, 0.1) is 12.0 Å². The molecule has 15 heavy (non-hydrogen) atoms. The molecule has 0 saturated heterocycles. The molecule has 3 rings (SSSR count). The van der Waals surface area contributed by atoms with Crippen molar-refractivity contribution in [2.45, 2.75) is 13.1 Å². The standard InChI is InChI=1S/C12H13N3/c1-15-7-12(14-8-15)9-2-3-10-5-13-6-11(10)4-9/h2-4,7-8,13H,5-6H2,1H3. The number of hydrogen-bond donors (Lipinski definition) is 1. The number of nitrogens with one attached hydrogen (secondary N) is 1. The van der Waals surface area contributed by atoms with Gasteiger partial charge in [0.25, 0.3) is 0 Å². The summed E-state index contributed by atoms with van der Waals surface area (Å²) in [5, 5.41) is 3.35. The summed E-state index contributed by atoms with van der Waals surface area (Å²) in [6.07, 6.45) is 3.88. The first-order chi connectivity index (χ1) is 7.33. The van der Waals surface area contributed by atoms with Gasteiger partial charge in [-0.25, -0.2) is 4.98 Å². The lowest BCUT2D eigenvalue weighted by molar-refractivity contribution is 0.765. The maximum atomic E-state index is 4.35. The second-order valence-electron chi connectivity index (χ2n) is 4.01. The van der Waals surface area contributed by atoms with Gasteiger partial charge < -0.3 is 9.88 Å². The number of aromatic nitrogens is 2. The molecule has 0 unspecified atom stereocenters. The van der Waals surface area contributed by atoms with E-state index >= 15 is 0 Å². The van der Waals surface area contributed by atoms with Gasteiger partial charge in [-0.3, -0.25) is 0 Å². The molecule has 0 amide bonds. The Morgan fingerprint density at radius 1 is 1.27 bits per heavy atom. The van der Waals surface area contributed by atoms with Crippen LogP contribution in [0.25, 0.3) is 11.3 Å². The molecule has 1 aromatic heterocycles. The van der Waals surface area contributed by atoms with Crippen LogP contribution in [-0.4, -0.2) is 9.55 Å². The fraction of sp³-hybridized carbons (Fsp3) is 0.250. The van der Waals surface area contributed by atoms with E-state index in [1.807, 2.05) is 24.1 Å². The van der Waals surface area contributed by atoms with Crippen molar-refractivity contribution < 1.29 is 0 Å².